The van der Waals surface area contributed by atoms with E-state index in [1.54, 1.807) is 54.6 Å². The molecule has 0 aliphatic carbocycles. The minimum absolute atomic E-state index is 0.347. The van der Waals surface area contributed by atoms with Crippen molar-refractivity contribution in [3.05, 3.63) is 65.7 Å². The second-order valence-corrected chi connectivity index (χ2v) is 3.99. The van der Waals surface area contributed by atoms with E-state index >= 15 is 0 Å². The Morgan fingerprint density at radius 1 is 0.895 bits per heavy atom. The fourth-order valence-electron chi connectivity index (χ4n) is 1.75. The number of hydrogen-bond acceptors (Lipinski definition) is 3. The molecule has 0 N–H and O–H groups in total. The number of ether oxygens (including phenoxy) is 1. The van der Waals surface area contributed by atoms with Crippen molar-refractivity contribution in [3.63, 3.8) is 0 Å². The first-order chi connectivity index (χ1) is 9.22. The van der Waals surface area contributed by atoms with Gasteiger partial charge in [-0.05, 0) is 19.1 Å². The standard InChI is InChI=1S/C16H14O3/c1-2-19-14-10-6-9-13(11-14)16(18)15(17)12-7-4-3-5-8-12/h3-11H,2H2,1H3. The van der Waals surface area contributed by atoms with Gasteiger partial charge in [-0.1, -0.05) is 42.5 Å². The van der Waals surface area contributed by atoms with Gasteiger partial charge in [-0.2, -0.15) is 0 Å². The maximum atomic E-state index is 12.1. The van der Waals surface area contributed by atoms with Crippen molar-refractivity contribution < 1.29 is 14.3 Å². The smallest absolute Gasteiger partial charge is 0.233 e. The molecule has 0 amide bonds. The van der Waals surface area contributed by atoms with Crippen LogP contribution in [0.4, 0.5) is 0 Å². The van der Waals surface area contributed by atoms with Crippen LogP contribution in [0, 0.1) is 0 Å². The molecular formula is C16H14O3. The zero-order valence-corrected chi connectivity index (χ0v) is 10.6. The van der Waals surface area contributed by atoms with Gasteiger partial charge in [0.05, 0.1) is 6.61 Å². The normalized spacial score (nSPS) is 9.95. The lowest BCUT2D eigenvalue weighted by Gasteiger charge is -2.05. The second kappa shape index (κ2) is 5.96. The van der Waals surface area contributed by atoms with E-state index in [2.05, 4.69) is 0 Å². The summed E-state index contributed by atoms with van der Waals surface area (Å²) in [4.78, 5) is 24.1. The molecule has 2 rings (SSSR count). The van der Waals surface area contributed by atoms with Gasteiger partial charge in [0.1, 0.15) is 5.75 Å². The van der Waals surface area contributed by atoms with Crippen LogP contribution in [-0.2, 0) is 0 Å². The summed E-state index contributed by atoms with van der Waals surface area (Å²) >= 11 is 0. The lowest BCUT2D eigenvalue weighted by atomic mass is 10.0. The van der Waals surface area contributed by atoms with Crippen molar-refractivity contribution in [2.24, 2.45) is 0 Å². The van der Waals surface area contributed by atoms with E-state index in [-0.39, 0.29) is 0 Å². The lowest BCUT2D eigenvalue weighted by molar-refractivity contribution is 0.0817. The highest BCUT2D eigenvalue weighted by molar-refractivity contribution is 6.49. The molecule has 0 radical (unpaired) electrons. The molecule has 0 aromatic heterocycles. The zero-order valence-electron chi connectivity index (χ0n) is 10.6. The van der Waals surface area contributed by atoms with Crippen molar-refractivity contribution in [2.75, 3.05) is 6.61 Å². The Balaban J connectivity index is 2.24. The summed E-state index contributed by atoms with van der Waals surface area (Å²) in [6, 6.07) is 15.2. The van der Waals surface area contributed by atoms with Crippen molar-refractivity contribution in [3.8, 4) is 5.75 Å². The number of rotatable bonds is 5. The molecule has 19 heavy (non-hydrogen) atoms. The third-order valence-corrected chi connectivity index (χ3v) is 2.65. The molecule has 0 saturated carbocycles. The monoisotopic (exact) mass is 254 g/mol. The van der Waals surface area contributed by atoms with E-state index in [9.17, 15) is 9.59 Å². The molecule has 0 aliphatic heterocycles. The van der Waals surface area contributed by atoms with Gasteiger partial charge in [-0.25, -0.2) is 0 Å². The number of benzene rings is 2. The lowest BCUT2D eigenvalue weighted by Crippen LogP contribution is -2.14. The predicted molar refractivity (Wildman–Crippen MR) is 72.7 cm³/mol. The minimum Gasteiger partial charge on any atom is -0.494 e. The Labute approximate surface area is 111 Å². The number of carbonyl (C=O) groups excluding carboxylic acids is 2. The molecule has 0 atom stereocenters. The first kappa shape index (κ1) is 13.0. The van der Waals surface area contributed by atoms with Crippen LogP contribution >= 0.6 is 0 Å². The van der Waals surface area contributed by atoms with Gasteiger partial charge in [0, 0.05) is 11.1 Å². The number of ketones is 2. The molecule has 96 valence electrons. The SMILES string of the molecule is CCOc1cccc(C(=O)C(=O)c2ccccc2)c1. The van der Waals surface area contributed by atoms with Crippen molar-refractivity contribution in [1.82, 2.24) is 0 Å². The highest BCUT2D eigenvalue weighted by Crippen LogP contribution is 2.15. The Hall–Kier alpha value is -2.42. The first-order valence-electron chi connectivity index (χ1n) is 6.09. The Bertz CT molecular complexity index is 588. The van der Waals surface area contributed by atoms with Gasteiger partial charge < -0.3 is 4.74 Å². The van der Waals surface area contributed by atoms with Gasteiger partial charge >= 0.3 is 0 Å². The maximum Gasteiger partial charge on any atom is 0.233 e. The van der Waals surface area contributed by atoms with Crippen molar-refractivity contribution >= 4 is 11.6 Å². The number of carbonyl (C=O) groups is 2. The van der Waals surface area contributed by atoms with E-state index in [0.717, 1.165) is 0 Å². The Kier molecular flexibility index (Phi) is 4.08. The summed E-state index contributed by atoms with van der Waals surface area (Å²) < 4.78 is 5.32. The van der Waals surface area contributed by atoms with Crippen molar-refractivity contribution in [1.29, 1.82) is 0 Å². The minimum atomic E-state index is -0.521. The van der Waals surface area contributed by atoms with Gasteiger partial charge in [0.2, 0.25) is 11.6 Å². The summed E-state index contributed by atoms with van der Waals surface area (Å²) in [5.41, 5.74) is 0.745. The van der Waals surface area contributed by atoms with E-state index in [4.69, 9.17) is 4.74 Å². The van der Waals surface area contributed by atoms with Crippen LogP contribution in [0.5, 0.6) is 5.75 Å². The molecule has 2 aromatic rings. The molecule has 0 saturated heterocycles. The average Bonchev–Trinajstić information content (AvgIpc) is 2.47. The van der Waals surface area contributed by atoms with E-state index in [0.29, 0.717) is 23.5 Å². The third kappa shape index (κ3) is 3.07. The summed E-state index contributed by atoms with van der Waals surface area (Å²) in [5, 5.41) is 0. The van der Waals surface area contributed by atoms with Crippen LogP contribution in [0.15, 0.2) is 54.6 Å². The van der Waals surface area contributed by atoms with Crippen LogP contribution < -0.4 is 4.74 Å². The van der Waals surface area contributed by atoms with Crippen LogP contribution in [0.3, 0.4) is 0 Å². The molecule has 3 heteroatoms. The summed E-state index contributed by atoms with van der Waals surface area (Å²) in [6.45, 7) is 2.38. The first-order valence-corrected chi connectivity index (χ1v) is 6.09. The molecule has 0 unspecified atom stereocenters. The van der Waals surface area contributed by atoms with Gasteiger partial charge in [-0.15, -0.1) is 0 Å². The van der Waals surface area contributed by atoms with Gasteiger partial charge in [0.15, 0.2) is 0 Å². The van der Waals surface area contributed by atoms with E-state index < -0.39 is 11.6 Å². The average molecular weight is 254 g/mol. The zero-order chi connectivity index (χ0) is 13.7. The second-order valence-electron chi connectivity index (χ2n) is 3.99. The molecule has 0 heterocycles. The summed E-state index contributed by atoms with van der Waals surface area (Å²) in [5.74, 6) is -0.434. The number of Topliss-reactive ketones (excluding diaryl/α,β-unsaturated/α-hetero) is 2. The van der Waals surface area contributed by atoms with E-state index in [1.807, 2.05) is 6.92 Å². The topological polar surface area (TPSA) is 43.4 Å². The fourth-order valence-corrected chi connectivity index (χ4v) is 1.75. The van der Waals surface area contributed by atoms with Crippen LogP contribution in [0.2, 0.25) is 0 Å². The Morgan fingerprint density at radius 3 is 2.21 bits per heavy atom. The highest BCUT2D eigenvalue weighted by atomic mass is 16.5. The predicted octanol–water partition coefficient (Wildman–Crippen LogP) is 3.15. The maximum absolute atomic E-state index is 12.1. The van der Waals surface area contributed by atoms with Crippen LogP contribution in [0.25, 0.3) is 0 Å². The van der Waals surface area contributed by atoms with Gasteiger partial charge in [0.25, 0.3) is 0 Å². The molecule has 2 aromatic carbocycles. The fraction of sp³-hybridized carbons (Fsp3) is 0.125. The quantitative estimate of drug-likeness (QED) is 0.608. The third-order valence-electron chi connectivity index (χ3n) is 2.65. The van der Waals surface area contributed by atoms with E-state index in [1.165, 1.54) is 0 Å². The Morgan fingerprint density at radius 2 is 1.53 bits per heavy atom. The summed E-state index contributed by atoms with van der Waals surface area (Å²) in [7, 11) is 0. The molecule has 0 aliphatic rings. The highest BCUT2D eigenvalue weighted by Gasteiger charge is 2.18. The number of hydrogen-bond donors (Lipinski definition) is 0. The molecule has 0 bridgehead atoms. The largest absolute Gasteiger partial charge is 0.494 e. The summed E-state index contributed by atoms with van der Waals surface area (Å²) in [6.07, 6.45) is 0. The van der Waals surface area contributed by atoms with Crippen LogP contribution in [-0.4, -0.2) is 18.2 Å². The van der Waals surface area contributed by atoms with Gasteiger partial charge in [-0.3, -0.25) is 9.59 Å². The van der Waals surface area contributed by atoms with Crippen molar-refractivity contribution in [2.45, 2.75) is 6.92 Å². The molecule has 3 nitrogen and oxygen atoms in total. The molecule has 0 fully saturated rings. The molecule has 0 spiro atoms. The van der Waals surface area contributed by atoms with Crippen LogP contribution in [0.1, 0.15) is 27.6 Å². The molecular weight excluding hydrogens is 240 g/mol.